The lowest BCUT2D eigenvalue weighted by atomic mass is 10.2. The minimum Gasteiger partial charge on any atom is -0.263 e. The van der Waals surface area contributed by atoms with Crippen molar-refractivity contribution in [2.75, 3.05) is 6.54 Å². The molecule has 2 rings (SSSR count). The average Bonchev–Trinajstić information content (AvgIpc) is 2.96. The normalized spacial score (nSPS) is 13.4. The van der Waals surface area contributed by atoms with Gasteiger partial charge in [-0.3, -0.25) is 4.68 Å². The van der Waals surface area contributed by atoms with Gasteiger partial charge in [0, 0.05) is 18.9 Å². The van der Waals surface area contributed by atoms with E-state index in [4.69, 9.17) is 0 Å². The van der Waals surface area contributed by atoms with Crippen LogP contribution in [0.2, 0.25) is 0 Å². The zero-order valence-corrected chi connectivity index (χ0v) is 13.1. The van der Waals surface area contributed by atoms with E-state index in [-0.39, 0.29) is 5.56 Å². The maximum atomic E-state index is 13.4. The zero-order valence-electron chi connectivity index (χ0n) is 12.3. The van der Waals surface area contributed by atoms with Crippen LogP contribution in [0.1, 0.15) is 17.2 Å². The lowest BCUT2D eigenvalue weighted by Crippen LogP contribution is -2.35. The fraction of sp³-hybridized carbons (Fsp3) is 0.357. The van der Waals surface area contributed by atoms with Gasteiger partial charge in [-0.05, 0) is 30.2 Å². The van der Waals surface area contributed by atoms with Crippen LogP contribution in [0.5, 0.6) is 0 Å². The average molecular weight is 347 g/mol. The molecule has 1 aromatic heterocycles. The van der Waals surface area contributed by atoms with Crippen molar-refractivity contribution in [3.8, 4) is 0 Å². The second-order valence-electron chi connectivity index (χ2n) is 5.08. The number of alkyl halides is 2. The summed E-state index contributed by atoms with van der Waals surface area (Å²) in [6, 6.07) is 4.13. The fourth-order valence-corrected chi connectivity index (χ4v) is 3.13. The topological polar surface area (TPSA) is 64.0 Å². The number of benzene rings is 1. The SMILES string of the molecule is Cc1ccc(CS(=O)(=O)NCC(C(F)F)n2cccn2)cc1F. The summed E-state index contributed by atoms with van der Waals surface area (Å²) in [6.07, 6.45) is -0.117. The van der Waals surface area contributed by atoms with Gasteiger partial charge in [-0.2, -0.15) is 5.10 Å². The standard InChI is InChI=1S/C14H16F3N3O2S/c1-10-3-4-11(7-12(10)15)9-23(21,22)19-8-13(14(16)17)20-6-2-5-18-20/h2-7,13-14,19H,8-9H2,1H3. The molecule has 0 spiro atoms. The van der Waals surface area contributed by atoms with Crippen LogP contribution in [-0.4, -0.2) is 31.2 Å². The Kier molecular flexibility index (Phi) is 5.42. The molecule has 1 N–H and O–H groups in total. The third kappa shape index (κ3) is 4.80. The fourth-order valence-electron chi connectivity index (χ4n) is 1.98. The Labute approximate surface area is 132 Å². The van der Waals surface area contributed by atoms with Crippen molar-refractivity contribution in [1.29, 1.82) is 0 Å². The number of hydrogen-bond donors (Lipinski definition) is 1. The monoisotopic (exact) mass is 347 g/mol. The first-order valence-electron chi connectivity index (χ1n) is 6.78. The number of nitrogens with zero attached hydrogens (tertiary/aromatic N) is 2. The van der Waals surface area contributed by atoms with Crippen molar-refractivity contribution < 1.29 is 21.6 Å². The molecule has 0 amide bonds. The van der Waals surface area contributed by atoms with E-state index in [9.17, 15) is 21.6 Å². The summed E-state index contributed by atoms with van der Waals surface area (Å²) >= 11 is 0. The summed E-state index contributed by atoms with van der Waals surface area (Å²) in [5.41, 5.74) is 0.642. The summed E-state index contributed by atoms with van der Waals surface area (Å²) in [5, 5.41) is 3.70. The van der Waals surface area contributed by atoms with Crippen molar-refractivity contribution in [1.82, 2.24) is 14.5 Å². The van der Waals surface area contributed by atoms with Crippen molar-refractivity contribution in [2.24, 2.45) is 0 Å². The first kappa shape index (κ1) is 17.5. The molecule has 23 heavy (non-hydrogen) atoms. The molecule has 9 heteroatoms. The smallest absolute Gasteiger partial charge is 0.261 e. The molecule has 2 aromatic rings. The highest BCUT2D eigenvalue weighted by molar-refractivity contribution is 7.88. The molecule has 0 bridgehead atoms. The van der Waals surface area contributed by atoms with Gasteiger partial charge in [-0.25, -0.2) is 26.3 Å². The second kappa shape index (κ2) is 7.14. The van der Waals surface area contributed by atoms with Crippen molar-refractivity contribution >= 4 is 10.0 Å². The third-order valence-electron chi connectivity index (χ3n) is 3.26. The van der Waals surface area contributed by atoms with Gasteiger partial charge < -0.3 is 0 Å². The van der Waals surface area contributed by atoms with Crippen LogP contribution in [0.4, 0.5) is 13.2 Å². The van der Waals surface area contributed by atoms with Crippen LogP contribution in [-0.2, 0) is 15.8 Å². The highest BCUT2D eigenvalue weighted by Crippen LogP contribution is 2.16. The predicted molar refractivity (Wildman–Crippen MR) is 79.0 cm³/mol. The van der Waals surface area contributed by atoms with E-state index in [2.05, 4.69) is 9.82 Å². The number of aryl methyl sites for hydroxylation is 1. The molecule has 0 saturated carbocycles. The largest absolute Gasteiger partial charge is 0.263 e. The van der Waals surface area contributed by atoms with E-state index in [1.165, 1.54) is 30.6 Å². The van der Waals surface area contributed by atoms with E-state index in [0.29, 0.717) is 5.56 Å². The number of rotatable bonds is 7. The predicted octanol–water partition coefficient (Wildman–Crippen LogP) is 2.26. The summed E-state index contributed by atoms with van der Waals surface area (Å²) in [5.74, 6) is -1.00. The van der Waals surface area contributed by atoms with Crippen molar-refractivity contribution in [3.63, 3.8) is 0 Å². The Morgan fingerprint density at radius 3 is 2.65 bits per heavy atom. The van der Waals surface area contributed by atoms with E-state index < -0.39 is 40.6 Å². The van der Waals surface area contributed by atoms with E-state index in [1.54, 1.807) is 6.92 Å². The molecule has 5 nitrogen and oxygen atoms in total. The third-order valence-corrected chi connectivity index (χ3v) is 4.58. The molecule has 1 unspecified atom stereocenters. The van der Waals surface area contributed by atoms with E-state index >= 15 is 0 Å². The highest BCUT2D eigenvalue weighted by Gasteiger charge is 2.25. The molecule has 0 fully saturated rings. The number of nitrogens with one attached hydrogen (secondary N) is 1. The lowest BCUT2D eigenvalue weighted by molar-refractivity contribution is 0.0787. The van der Waals surface area contributed by atoms with E-state index in [0.717, 1.165) is 10.7 Å². The maximum absolute atomic E-state index is 13.4. The summed E-state index contributed by atoms with van der Waals surface area (Å²) in [6.45, 7) is 1.05. The Balaban J connectivity index is 2.04. The maximum Gasteiger partial charge on any atom is 0.261 e. The second-order valence-corrected chi connectivity index (χ2v) is 6.89. The number of hydrogen-bond acceptors (Lipinski definition) is 3. The number of aromatic nitrogens is 2. The zero-order chi connectivity index (χ0) is 17.0. The van der Waals surface area contributed by atoms with Crippen LogP contribution in [0, 0.1) is 12.7 Å². The molecule has 1 atom stereocenters. The number of sulfonamides is 1. The van der Waals surface area contributed by atoms with Crippen LogP contribution in [0.3, 0.4) is 0 Å². The molecule has 0 aliphatic rings. The van der Waals surface area contributed by atoms with Crippen LogP contribution < -0.4 is 4.72 Å². The first-order valence-corrected chi connectivity index (χ1v) is 8.43. The minimum absolute atomic E-state index is 0.244. The lowest BCUT2D eigenvalue weighted by Gasteiger charge is -2.17. The molecular formula is C14H16F3N3O2S. The molecule has 1 heterocycles. The van der Waals surface area contributed by atoms with Gasteiger partial charge in [0.25, 0.3) is 6.43 Å². The Morgan fingerprint density at radius 1 is 1.35 bits per heavy atom. The Hall–Kier alpha value is -1.87. The minimum atomic E-state index is -3.88. The van der Waals surface area contributed by atoms with Gasteiger partial charge in [0.05, 0.1) is 5.75 Å². The Morgan fingerprint density at radius 2 is 2.09 bits per heavy atom. The van der Waals surface area contributed by atoms with E-state index in [1.807, 2.05) is 0 Å². The Bertz CT molecular complexity index is 749. The summed E-state index contributed by atoms with van der Waals surface area (Å²) < 4.78 is 66.6. The van der Waals surface area contributed by atoms with Crippen LogP contribution in [0.25, 0.3) is 0 Å². The molecule has 0 aliphatic carbocycles. The summed E-state index contributed by atoms with van der Waals surface area (Å²) in [4.78, 5) is 0. The van der Waals surface area contributed by atoms with Gasteiger partial charge in [-0.1, -0.05) is 12.1 Å². The molecule has 1 aromatic carbocycles. The van der Waals surface area contributed by atoms with Gasteiger partial charge in [0.15, 0.2) is 0 Å². The molecule has 0 saturated heterocycles. The first-order chi connectivity index (χ1) is 10.8. The van der Waals surface area contributed by atoms with Gasteiger partial charge in [-0.15, -0.1) is 0 Å². The quantitative estimate of drug-likeness (QED) is 0.836. The summed E-state index contributed by atoms with van der Waals surface area (Å²) in [7, 11) is -3.88. The molecule has 0 aliphatic heterocycles. The molecule has 126 valence electrons. The molecular weight excluding hydrogens is 331 g/mol. The highest BCUT2D eigenvalue weighted by atomic mass is 32.2. The van der Waals surface area contributed by atoms with Gasteiger partial charge in [0.1, 0.15) is 11.9 Å². The number of halogens is 3. The molecule has 0 radical (unpaired) electrons. The van der Waals surface area contributed by atoms with Crippen LogP contribution >= 0.6 is 0 Å². The van der Waals surface area contributed by atoms with Crippen molar-refractivity contribution in [2.45, 2.75) is 25.1 Å². The van der Waals surface area contributed by atoms with Crippen LogP contribution in [0.15, 0.2) is 36.7 Å². The van der Waals surface area contributed by atoms with Gasteiger partial charge >= 0.3 is 0 Å². The van der Waals surface area contributed by atoms with Gasteiger partial charge in [0.2, 0.25) is 10.0 Å². The van der Waals surface area contributed by atoms with Crippen molar-refractivity contribution in [3.05, 3.63) is 53.6 Å².